The molecule has 2 nitrogen and oxygen atoms in total. The van der Waals surface area contributed by atoms with Crippen LogP contribution < -0.4 is 9.47 Å². The number of rotatable bonds is 4. The molecule has 14 heteroatoms. The molecule has 232 valence electrons. The normalized spacial score (nSPS) is 14.4. The van der Waals surface area contributed by atoms with Gasteiger partial charge in [-0.2, -0.15) is 0 Å². The lowest BCUT2D eigenvalue weighted by atomic mass is 10.3. The van der Waals surface area contributed by atoms with Gasteiger partial charge in [0.05, 0.1) is 0 Å². The predicted molar refractivity (Wildman–Crippen MR) is 162 cm³/mol. The summed E-state index contributed by atoms with van der Waals surface area (Å²) in [6.07, 6.45) is 1.98. The van der Waals surface area contributed by atoms with Crippen molar-refractivity contribution in [2.75, 3.05) is 0 Å². The summed E-state index contributed by atoms with van der Waals surface area (Å²) in [4.78, 5) is 8.15. The molecular weight excluding hydrogens is 630 g/mol. The molecule has 44 heavy (non-hydrogen) atoms. The maximum atomic E-state index is 9.75. The van der Waals surface area contributed by atoms with Gasteiger partial charge in [0.2, 0.25) is 19.6 Å². The molecule has 0 amide bonds. The van der Waals surface area contributed by atoms with Crippen molar-refractivity contribution in [3.8, 4) is 23.0 Å². The molecule has 2 aliphatic rings. The Morgan fingerprint density at radius 2 is 0.659 bits per heavy atom. The van der Waals surface area contributed by atoms with E-state index in [4.69, 9.17) is 9.47 Å². The summed E-state index contributed by atoms with van der Waals surface area (Å²) in [5, 5.41) is 0. The van der Waals surface area contributed by atoms with Gasteiger partial charge < -0.3 is 44.0 Å². The average molecular weight is 656 g/mol. The quantitative estimate of drug-likeness (QED) is 0.124. The summed E-state index contributed by atoms with van der Waals surface area (Å²) in [5.41, 5.74) is 0. The maximum Gasteiger partial charge on any atom is 0.673 e. The molecule has 0 radical (unpaired) electrons. The topological polar surface area (TPSA) is 18.5 Å². The minimum absolute atomic E-state index is 0.197. The maximum absolute atomic E-state index is 9.75. The second kappa shape index (κ2) is 14.1. The minimum atomic E-state index is -6.00. The third-order valence-electron chi connectivity index (χ3n) is 6.16. The number of halogens is 8. The lowest BCUT2D eigenvalue weighted by Gasteiger charge is -2.24. The van der Waals surface area contributed by atoms with E-state index >= 15 is 0 Å². The van der Waals surface area contributed by atoms with Crippen molar-refractivity contribution in [1.29, 1.82) is 0 Å². The van der Waals surface area contributed by atoms with Crippen molar-refractivity contribution in [3.63, 3.8) is 0 Å². The first kappa shape index (κ1) is 33.4. The van der Waals surface area contributed by atoms with Crippen LogP contribution in [-0.2, 0) is 21.8 Å². The number of benzene rings is 4. The van der Waals surface area contributed by atoms with Crippen molar-refractivity contribution in [2.24, 2.45) is 0 Å². The Bertz CT molecular complexity index is 1410. The summed E-state index contributed by atoms with van der Waals surface area (Å²) in [7, 11) is -12.4. The van der Waals surface area contributed by atoms with Crippen molar-refractivity contribution in [1.82, 2.24) is 0 Å². The van der Waals surface area contributed by atoms with Crippen molar-refractivity contribution >= 4 is 36.3 Å². The molecule has 0 aliphatic carbocycles. The molecule has 0 spiro atoms. The van der Waals surface area contributed by atoms with Crippen molar-refractivity contribution in [3.05, 3.63) is 107 Å². The number of fused-ring (bicyclic) bond motifs is 4. The first-order valence-electron chi connectivity index (χ1n) is 13.5. The Morgan fingerprint density at radius 3 is 0.864 bits per heavy atom. The lowest BCUT2D eigenvalue weighted by molar-refractivity contribution is 0.366. The summed E-state index contributed by atoms with van der Waals surface area (Å²) in [6.45, 7) is 4.61. The van der Waals surface area contributed by atoms with E-state index in [1.807, 2.05) is 0 Å². The third-order valence-corrected chi connectivity index (χ3v) is 11.5. The molecule has 6 rings (SSSR count). The van der Waals surface area contributed by atoms with Crippen LogP contribution in [0.15, 0.2) is 126 Å². The van der Waals surface area contributed by atoms with Gasteiger partial charge in [-0.3, -0.25) is 0 Å². The van der Waals surface area contributed by atoms with Crippen LogP contribution in [0.5, 0.6) is 23.0 Å². The molecule has 0 aromatic heterocycles. The monoisotopic (exact) mass is 656 g/mol. The Kier molecular flexibility index (Phi) is 10.7. The SMILES string of the molecule is CC/C(=C(/CC)[S+]1c2ccccc2Oc2ccccc21)[S+]1c2ccccc2Oc2ccccc21.F[B-](F)(F)F.F[B-](F)(F)F. The number of allylic oxidation sites excluding steroid dienone is 2. The first-order valence-corrected chi connectivity index (χ1v) is 15.9. The number of hydrogen-bond donors (Lipinski definition) is 0. The Labute approximate surface area is 256 Å². The van der Waals surface area contributed by atoms with E-state index in [0.717, 1.165) is 35.8 Å². The van der Waals surface area contributed by atoms with Gasteiger partial charge in [-0.15, -0.1) is 0 Å². The highest BCUT2D eigenvalue weighted by molar-refractivity contribution is 8.04. The van der Waals surface area contributed by atoms with E-state index in [9.17, 15) is 34.5 Å². The number of ether oxygens (including phenoxy) is 2. The standard InChI is InChI=1S/C30H26O2S2.2BF4/c1-3-25(33-27-17-9-5-13-21(27)31-22-14-6-10-18-28(22)33)26(4-2)34-29-19-11-7-15-23(29)32-24-16-8-12-20-30(24)34;2*2-1(3,4)5/h5-20H,3-4H2,1-2H3;;/q+2;2*-1/b26-25+;;. The second-order valence-electron chi connectivity index (χ2n) is 9.15. The van der Waals surface area contributed by atoms with E-state index in [-0.39, 0.29) is 21.8 Å². The van der Waals surface area contributed by atoms with E-state index in [0.29, 0.717) is 0 Å². The molecule has 2 heterocycles. The molecule has 0 fully saturated rings. The van der Waals surface area contributed by atoms with E-state index in [1.54, 1.807) is 0 Å². The molecule has 0 atom stereocenters. The van der Waals surface area contributed by atoms with Crippen LogP contribution in [0.4, 0.5) is 34.5 Å². The Morgan fingerprint density at radius 1 is 0.455 bits per heavy atom. The first-order chi connectivity index (χ1) is 20.8. The highest BCUT2D eigenvalue weighted by Crippen LogP contribution is 2.52. The summed E-state index contributed by atoms with van der Waals surface area (Å²) < 4.78 is 90.7. The van der Waals surface area contributed by atoms with Crippen LogP contribution in [0.2, 0.25) is 0 Å². The van der Waals surface area contributed by atoms with Gasteiger partial charge in [0.1, 0.15) is 21.8 Å². The van der Waals surface area contributed by atoms with Crippen LogP contribution in [0.3, 0.4) is 0 Å². The van der Waals surface area contributed by atoms with Crippen molar-refractivity contribution < 1.29 is 44.0 Å². The summed E-state index contributed by atoms with van der Waals surface area (Å²) in [6, 6.07) is 34.2. The molecule has 2 aliphatic heterocycles. The van der Waals surface area contributed by atoms with Gasteiger partial charge in [-0.25, -0.2) is 0 Å². The van der Waals surface area contributed by atoms with E-state index in [2.05, 4.69) is 111 Å². The predicted octanol–water partition coefficient (Wildman–Crippen LogP) is 11.3. The van der Waals surface area contributed by atoms with Gasteiger partial charge in [0, 0.05) is 12.8 Å². The summed E-state index contributed by atoms with van der Waals surface area (Å²) >= 11 is 0. The molecule has 0 bridgehead atoms. The minimum Gasteiger partial charge on any atom is -0.447 e. The van der Waals surface area contributed by atoms with Crippen LogP contribution in [-0.4, -0.2) is 14.5 Å². The van der Waals surface area contributed by atoms with E-state index < -0.39 is 14.5 Å². The van der Waals surface area contributed by atoms with Gasteiger partial charge >= 0.3 is 14.5 Å². The van der Waals surface area contributed by atoms with Crippen LogP contribution in [0.1, 0.15) is 26.7 Å². The molecule has 4 aromatic rings. The summed E-state index contributed by atoms with van der Waals surface area (Å²) in [5.74, 6) is 3.90. The Balaban J connectivity index is 0.000000386. The zero-order valence-corrected chi connectivity index (χ0v) is 25.1. The van der Waals surface area contributed by atoms with Gasteiger partial charge in [0.25, 0.3) is 0 Å². The molecule has 0 saturated heterocycles. The van der Waals surface area contributed by atoms with Crippen LogP contribution in [0.25, 0.3) is 0 Å². The van der Waals surface area contributed by atoms with Gasteiger partial charge in [-0.1, -0.05) is 62.4 Å². The smallest absolute Gasteiger partial charge is 0.447 e. The number of hydrogen-bond acceptors (Lipinski definition) is 2. The largest absolute Gasteiger partial charge is 0.673 e. The lowest BCUT2D eigenvalue weighted by Crippen LogP contribution is -2.20. The van der Waals surface area contributed by atoms with Gasteiger partial charge in [-0.05, 0) is 48.5 Å². The fourth-order valence-electron chi connectivity index (χ4n) is 4.73. The van der Waals surface area contributed by atoms with Crippen LogP contribution >= 0.6 is 0 Å². The van der Waals surface area contributed by atoms with Crippen molar-refractivity contribution in [2.45, 2.75) is 46.3 Å². The molecule has 4 aromatic carbocycles. The highest BCUT2D eigenvalue weighted by atomic mass is 32.2. The fraction of sp³-hybridized carbons (Fsp3) is 0.133. The van der Waals surface area contributed by atoms with E-state index in [1.165, 1.54) is 29.4 Å². The molecular formula is C30H26B2F8O2S2. The number of para-hydroxylation sites is 4. The molecule has 0 N–H and O–H groups in total. The Hall–Kier alpha value is -3.51. The third kappa shape index (κ3) is 8.35. The zero-order chi connectivity index (χ0) is 32.1. The van der Waals surface area contributed by atoms with Crippen LogP contribution in [0, 0.1) is 0 Å². The zero-order valence-electron chi connectivity index (χ0n) is 23.5. The second-order valence-corrected chi connectivity index (χ2v) is 13.1. The molecule has 0 unspecified atom stereocenters. The highest BCUT2D eigenvalue weighted by Gasteiger charge is 2.48. The fourth-order valence-corrected chi connectivity index (χ4v) is 10.2. The molecule has 0 saturated carbocycles. The van der Waals surface area contributed by atoms with Gasteiger partial charge in [0.15, 0.2) is 32.8 Å². The average Bonchev–Trinajstić information content (AvgIpc) is 2.96.